The lowest BCUT2D eigenvalue weighted by molar-refractivity contribution is -0.154. The first-order valence-corrected chi connectivity index (χ1v) is 9.77. The van der Waals surface area contributed by atoms with Crippen molar-refractivity contribution in [2.24, 2.45) is 17.8 Å². The normalized spacial score (nSPS) is 28.9. The molecule has 5 rings (SSSR count). The van der Waals surface area contributed by atoms with Gasteiger partial charge < -0.3 is 10.1 Å². The van der Waals surface area contributed by atoms with E-state index < -0.39 is 0 Å². The Labute approximate surface area is 149 Å². The second-order valence-corrected chi connectivity index (χ2v) is 7.84. The Bertz CT molecular complexity index is 757. The first-order valence-electron chi connectivity index (χ1n) is 8.51. The molecule has 7 heteroatoms. The van der Waals surface area contributed by atoms with Crippen LogP contribution in [-0.2, 0) is 9.53 Å². The van der Waals surface area contributed by atoms with Crippen molar-refractivity contribution in [1.29, 1.82) is 0 Å². The number of halogens is 1. The molecular weight excluding hydrogens is 346 g/mol. The highest BCUT2D eigenvalue weighted by Gasteiger charge is 2.48. The molecule has 0 unspecified atom stereocenters. The summed E-state index contributed by atoms with van der Waals surface area (Å²) in [6.07, 6.45) is 4.54. The van der Waals surface area contributed by atoms with E-state index in [2.05, 4.69) is 15.3 Å². The highest BCUT2D eigenvalue weighted by atomic mass is 35.5. The molecule has 0 aliphatic heterocycles. The molecule has 3 fully saturated rings. The number of fused-ring (bicyclic) bond motifs is 4. The van der Waals surface area contributed by atoms with Crippen LogP contribution in [-0.4, -0.2) is 28.6 Å². The Morgan fingerprint density at radius 3 is 2.83 bits per heavy atom. The first-order chi connectivity index (χ1) is 11.7. The molecule has 3 saturated carbocycles. The SMILES string of the molecule is CCOC(=O)[C@H]1C2CCC(CC2)[C@@H]1Nc1nc(Cl)nc2sccc12. The van der Waals surface area contributed by atoms with Gasteiger partial charge in [0.15, 0.2) is 0 Å². The summed E-state index contributed by atoms with van der Waals surface area (Å²) in [5.41, 5.74) is 0. The number of anilines is 1. The second-order valence-electron chi connectivity index (χ2n) is 6.60. The molecule has 5 nitrogen and oxygen atoms in total. The minimum atomic E-state index is -0.0973. The fourth-order valence-corrected chi connectivity index (χ4v) is 5.32. The maximum absolute atomic E-state index is 12.6. The number of carbonyl (C=O) groups excluding carboxylic acids is 1. The number of ether oxygens (including phenoxy) is 1. The van der Waals surface area contributed by atoms with E-state index in [9.17, 15) is 4.79 Å². The van der Waals surface area contributed by atoms with Crippen LogP contribution in [0.4, 0.5) is 5.82 Å². The van der Waals surface area contributed by atoms with E-state index in [1.165, 1.54) is 0 Å². The molecule has 0 aromatic carbocycles. The summed E-state index contributed by atoms with van der Waals surface area (Å²) in [6, 6.07) is 2.06. The molecule has 1 N–H and O–H groups in total. The summed E-state index contributed by atoms with van der Waals surface area (Å²) >= 11 is 7.62. The molecule has 2 bridgehead atoms. The zero-order valence-electron chi connectivity index (χ0n) is 13.5. The smallest absolute Gasteiger partial charge is 0.311 e. The van der Waals surface area contributed by atoms with Crippen LogP contribution >= 0.6 is 22.9 Å². The maximum atomic E-state index is 12.6. The van der Waals surface area contributed by atoms with E-state index in [1.54, 1.807) is 11.3 Å². The maximum Gasteiger partial charge on any atom is 0.311 e. The molecule has 0 saturated heterocycles. The topological polar surface area (TPSA) is 64.1 Å². The standard InChI is InChI=1S/C17H20ClN3O2S/c1-2-23-16(22)12-9-3-5-10(6-4-9)13(12)19-14-11-7-8-24-15(11)21-17(18)20-14/h7-10,12-13H,2-6H2,1H3,(H,19,20,21)/t9?,10?,12-,13-/m0/s1. The molecule has 2 aromatic rings. The van der Waals surface area contributed by atoms with Gasteiger partial charge in [-0.2, -0.15) is 0 Å². The van der Waals surface area contributed by atoms with Crippen molar-refractivity contribution in [2.75, 3.05) is 11.9 Å². The highest BCUT2D eigenvalue weighted by molar-refractivity contribution is 7.16. The van der Waals surface area contributed by atoms with Gasteiger partial charge >= 0.3 is 5.97 Å². The van der Waals surface area contributed by atoms with Crippen LogP contribution in [0.15, 0.2) is 11.4 Å². The van der Waals surface area contributed by atoms with Gasteiger partial charge in [-0.05, 0) is 67.5 Å². The van der Waals surface area contributed by atoms with Crippen molar-refractivity contribution in [3.8, 4) is 0 Å². The van der Waals surface area contributed by atoms with Gasteiger partial charge in [0.2, 0.25) is 5.28 Å². The second kappa shape index (κ2) is 6.48. The molecule has 128 valence electrons. The Kier molecular flexibility index (Phi) is 4.35. The summed E-state index contributed by atoms with van der Waals surface area (Å²) in [4.78, 5) is 22.1. The quantitative estimate of drug-likeness (QED) is 0.652. The molecule has 0 radical (unpaired) electrons. The van der Waals surface area contributed by atoms with Crippen LogP contribution < -0.4 is 5.32 Å². The molecule has 3 aliphatic rings. The largest absolute Gasteiger partial charge is 0.466 e. The van der Waals surface area contributed by atoms with Gasteiger partial charge in [0, 0.05) is 6.04 Å². The molecule has 0 amide bonds. The molecule has 2 aromatic heterocycles. The van der Waals surface area contributed by atoms with E-state index in [1.807, 2.05) is 18.4 Å². The van der Waals surface area contributed by atoms with Crippen molar-refractivity contribution < 1.29 is 9.53 Å². The molecule has 2 heterocycles. The lowest BCUT2D eigenvalue weighted by Gasteiger charge is -2.47. The Hall–Kier alpha value is -1.40. The fourth-order valence-electron chi connectivity index (χ4n) is 4.33. The van der Waals surface area contributed by atoms with Crippen molar-refractivity contribution in [1.82, 2.24) is 9.97 Å². The number of carbonyl (C=O) groups is 1. The zero-order valence-corrected chi connectivity index (χ0v) is 15.1. The number of rotatable bonds is 4. The monoisotopic (exact) mass is 365 g/mol. The lowest BCUT2D eigenvalue weighted by atomic mass is 9.61. The fraction of sp³-hybridized carbons (Fsp3) is 0.588. The van der Waals surface area contributed by atoms with E-state index in [-0.39, 0.29) is 23.2 Å². The minimum Gasteiger partial charge on any atom is -0.466 e. The minimum absolute atomic E-state index is 0.0608. The number of esters is 1. The third-order valence-corrected chi connectivity index (χ3v) is 6.35. The molecular formula is C17H20ClN3O2S. The van der Waals surface area contributed by atoms with Crippen molar-refractivity contribution >= 4 is 44.9 Å². The van der Waals surface area contributed by atoms with Crippen LogP contribution in [0.25, 0.3) is 10.2 Å². The number of hydrogen-bond donors (Lipinski definition) is 1. The van der Waals surface area contributed by atoms with Crippen molar-refractivity contribution in [3.05, 3.63) is 16.7 Å². The number of nitrogens with zero attached hydrogens (tertiary/aromatic N) is 2. The van der Waals surface area contributed by atoms with Crippen molar-refractivity contribution in [3.63, 3.8) is 0 Å². The Morgan fingerprint density at radius 1 is 1.33 bits per heavy atom. The van der Waals surface area contributed by atoms with Crippen LogP contribution in [0.3, 0.4) is 0 Å². The molecule has 24 heavy (non-hydrogen) atoms. The van der Waals surface area contributed by atoms with Crippen LogP contribution in [0.5, 0.6) is 0 Å². The zero-order chi connectivity index (χ0) is 16.7. The van der Waals surface area contributed by atoms with Gasteiger partial charge in [-0.1, -0.05) is 0 Å². The predicted molar refractivity (Wildman–Crippen MR) is 95.4 cm³/mol. The van der Waals surface area contributed by atoms with Gasteiger partial charge in [-0.15, -0.1) is 11.3 Å². The first kappa shape index (κ1) is 16.1. The Morgan fingerprint density at radius 2 is 2.08 bits per heavy atom. The van der Waals surface area contributed by atoms with Gasteiger partial charge in [0.1, 0.15) is 10.6 Å². The summed E-state index contributed by atoms with van der Waals surface area (Å²) in [5, 5.41) is 6.73. The molecule has 3 aliphatic carbocycles. The number of thiophene rings is 1. The van der Waals surface area contributed by atoms with Gasteiger partial charge in [-0.3, -0.25) is 4.79 Å². The van der Waals surface area contributed by atoms with E-state index in [4.69, 9.17) is 16.3 Å². The van der Waals surface area contributed by atoms with E-state index in [0.717, 1.165) is 41.7 Å². The van der Waals surface area contributed by atoms with Gasteiger partial charge in [-0.25, -0.2) is 9.97 Å². The number of aromatic nitrogens is 2. The predicted octanol–water partition coefficient (Wildman–Crippen LogP) is 4.12. The summed E-state index contributed by atoms with van der Waals surface area (Å²) in [7, 11) is 0. The summed E-state index contributed by atoms with van der Waals surface area (Å²) < 4.78 is 5.36. The summed E-state index contributed by atoms with van der Waals surface area (Å²) in [5.74, 6) is 1.44. The van der Waals surface area contributed by atoms with Gasteiger partial charge in [0.05, 0.1) is 17.9 Å². The van der Waals surface area contributed by atoms with Crippen molar-refractivity contribution in [2.45, 2.75) is 38.6 Å². The van der Waals surface area contributed by atoms with Gasteiger partial charge in [0.25, 0.3) is 0 Å². The average molecular weight is 366 g/mol. The highest BCUT2D eigenvalue weighted by Crippen LogP contribution is 2.47. The number of nitrogens with one attached hydrogen (secondary N) is 1. The number of hydrogen-bond acceptors (Lipinski definition) is 6. The van der Waals surface area contributed by atoms with E-state index >= 15 is 0 Å². The van der Waals surface area contributed by atoms with Crippen LogP contribution in [0, 0.1) is 17.8 Å². The van der Waals surface area contributed by atoms with Crippen LogP contribution in [0.2, 0.25) is 5.28 Å². The van der Waals surface area contributed by atoms with Crippen LogP contribution in [0.1, 0.15) is 32.6 Å². The third kappa shape index (κ3) is 2.75. The lowest BCUT2D eigenvalue weighted by Crippen LogP contribution is -2.52. The Balaban J connectivity index is 1.67. The van der Waals surface area contributed by atoms with E-state index in [0.29, 0.717) is 18.4 Å². The molecule has 2 atom stereocenters. The third-order valence-electron chi connectivity index (χ3n) is 5.38. The molecule has 0 spiro atoms. The average Bonchev–Trinajstić information content (AvgIpc) is 3.04. The summed E-state index contributed by atoms with van der Waals surface area (Å²) in [6.45, 7) is 2.29.